The molecule has 1 aromatic heterocycles. The number of aliphatic hydroxyl groups is 1. The van der Waals surface area contributed by atoms with Gasteiger partial charge in [-0.2, -0.15) is 5.10 Å². The highest BCUT2D eigenvalue weighted by Crippen LogP contribution is 2.31. The Morgan fingerprint density at radius 2 is 1.93 bits per heavy atom. The number of rotatable bonds is 5. The van der Waals surface area contributed by atoms with E-state index in [0.29, 0.717) is 12.1 Å². The van der Waals surface area contributed by atoms with Crippen LogP contribution in [0.1, 0.15) is 34.9 Å². The van der Waals surface area contributed by atoms with E-state index in [9.17, 15) is 9.90 Å². The lowest BCUT2D eigenvalue weighted by Gasteiger charge is -2.28. The van der Waals surface area contributed by atoms with Crippen LogP contribution in [0.15, 0.2) is 67.0 Å². The monoisotopic (exact) mass is 377 g/mol. The van der Waals surface area contributed by atoms with Gasteiger partial charge in [-0.1, -0.05) is 30.3 Å². The molecular formula is C22H23N3O3. The van der Waals surface area contributed by atoms with Crippen LogP contribution in [0.25, 0.3) is 5.69 Å². The molecule has 144 valence electrons. The third-order valence-corrected chi connectivity index (χ3v) is 5.23. The van der Waals surface area contributed by atoms with Crippen molar-refractivity contribution in [3.8, 4) is 11.4 Å². The molecule has 0 radical (unpaired) electrons. The zero-order chi connectivity index (χ0) is 19.5. The van der Waals surface area contributed by atoms with E-state index >= 15 is 0 Å². The SMILES string of the molecule is COc1ccc([C@H](O)[C@H]2CCCN2C(=O)c2cnn(-c3ccccc3)c2)cc1. The summed E-state index contributed by atoms with van der Waals surface area (Å²) in [6.45, 7) is 0.632. The lowest BCUT2D eigenvalue weighted by atomic mass is 10.00. The summed E-state index contributed by atoms with van der Waals surface area (Å²) in [4.78, 5) is 14.8. The summed E-state index contributed by atoms with van der Waals surface area (Å²) in [6.07, 6.45) is 4.24. The molecule has 2 atom stereocenters. The van der Waals surface area contributed by atoms with Crippen LogP contribution in [0.2, 0.25) is 0 Å². The number of aliphatic hydroxyl groups excluding tert-OH is 1. The lowest BCUT2D eigenvalue weighted by Crippen LogP contribution is -2.39. The molecule has 1 N–H and O–H groups in total. The third-order valence-electron chi connectivity index (χ3n) is 5.23. The first-order valence-electron chi connectivity index (χ1n) is 9.40. The maximum atomic E-state index is 13.1. The minimum Gasteiger partial charge on any atom is -0.497 e. The van der Waals surface area contributed by atoms with Crippen molar-refractivity contribution in [2.45, 2.75) is 25.0 Å². The second kappa shape index (κ2) is 7.86. The van der Waals surface area contributed by atoms with Gasteiger partial charge in [-0.3, -0.25) is 4.79 Å². The normalized spacial score (nSPS) is 17.5. The Morgan fingerprint density at radius 1 is 1.18 bits per heavy atom. The number of carbonyl (C=O) groups excluding carboxylic acids is 1. The molecule has 1 saturated heterocycles. The molecule has 1 aliphatic heterocycles. The summed E-state index contributed by atoms with van der Waals surface area (Å²) in [7, 11) is 1.61. The number of amides is 1. The van der Waals surface area contributed by atoms with E-state index in [-0.39, 0.29) is 11.9 Å². The minimum atomic E-state index is -0.735. The number of hydrogen-bond donors (Lipinski definition) is 1. The van der Waals surface area contributed by atoms with Crippen LogP contribution >= 0.6 is 0 Å². The van der Waals surface area contributed by atoms with E-state index in [1.807, 2.05) is 54.6 Å². The number of likely N-dealkylation sites (tertiary alicyclic amines) is 1. The van der Waals surface area contributed by atoms with Gasteiger partial charge in [-0.05, 0) is 42.7 Å². The molecular weight excluding hydrogens is 354 g/mol. The van der Waals surface area contributed by atoms with Gasteiger partial charge < -0.3 is 14.7 Å². The Balaban J connectivity index is 1.52. The molecule has 0 unspecified atom stereocenters. The zero-order valence-electron chi connectivity index (χ0n) is 15.7. The molecule has 2 aromatic carbocycles. The molecule has 1 aliphatic rings. The fourth-order valence-electron chi connectivity index (χ4n) is 3.72. The maximum Gasteiger partial charge on any atom is 0.257 e. The van der Waals surface area contributed by atoms with Gasteiger partial charge in [0.1, 0.15) is 5.75 Å². The fraction of sp³-hybridized carbons (Fsp3) is 0.273. The number of benzene rings is 2. The summed E-state index contributed by atoms with van der Waals surface area (Å²) < 4.78 is 6.87. The third kappa shape index (κ3) is 3.51. The van der Waals surface area contributed by atoms with Crippen LogP contribution in [0.4, 0.5) is 0 Å². The van der Waals surface area contributed by atoms with Gasteiger partial charge in [-0.15, -0.1) is 0 Å². The van der Waals surface area contributed by atoms with Crippen molar-refractivity contribution in [2.24, 2.45) is 0 Å². The van der Waals surface area contributed by atoms with Gasteiger partial charge in [0, 0.05) is 12.7 Å². The van der Waals surface area contributed by atoms with Gasteiger partial charge in [0.2, 0.25) is 0 Å². The van der Waals surface area contributed by atoms with E-state index in [4.69, 9.17) is 4.74 Å². The molecule has 28 heavy (non-hydrogen) atoms. The number of nitrogens with zero attached hydrogens (tertiary/aromatic N) is 3. The molecule has 6 nitrogen and oxygen atoms in total. The fourth-order valence-corrected chi connectivity index (χ4v) is 3.72. The summed E-state index contributed by atoms with van der Waals surface area (Å²) in [5.41, 5.74) is 2.21. The number of methoxy groups -OCH3 is 1. The largest absolute Gasteiger partial charge is 0.497 e. The molecule has 3 aromatic rings. The van der Waals surface area contributed by atoms with Gasteiger partial charge in [-0.25, -0.2) is 4.68 Å². The Bertz CT molecular complexity index is 937. The number of ether oxygens (including phenoxy) is 1. The van der Waals surface area contributed by atoms with E-state index in [1.54, 1.807) is 29.1 Å². The number of aromatic nitrogens is 2. The van der Waals surface area contributed by atoms with Crippen LogP contribution in [0, 0.1) is 0 Å². The molecule has 0 aliphatic carbocycles. The topological polar surface area (TPSA) is 67.6 Å². The summed E-state index contributed by atoms with van der Waals surface area (Å²) >= 11 is 0. The first-order valence-corrected chi connectivity index (χ1v) is 9.40. The molecule has 0 spiro atoms. The van der Waals surface area contributed by atoms with Crippen LogP contribution < -0.4 is 4.74 Å². The van der Waals surface area contributed by atoms with Crippen molar-refractivity contribution in [3.05, 3.63) is 78.1 Å². The number of hydrogen-bond acceptors (Lipinski definition) is 4. The van der Waals surface area contributed by atoms with Gasteiger partial charge in [0.05, 0.1) is 36.7 Å². The van der Waals surface area contributed by atoms with Crippen LogP contribution in [-0.4, -0.2) is 45.4 Å². The van der Waals surface area contributed by atoms with E-state index < -0.39 is 6.10 Å². The van der Waals surface area contributed by atoms with Crippen molar-refractivity contribution < 1.29 is 14.6 Å². The Kier molecular flexibility index (Phi) is 5.12. The van der Waals surface area contributed by atoms with Crippen LogP contribution in [-0.2, 0) is 0 Å². The average Bonchev–Trinajstić information content (AvgIpc) is 3.43. The molecule has 4 rings (SSSR count). The highest BCUT2D eigenvalue weighted by atomic mass is 16.5. The quantitative estimate of drug-likeness (QED) is 0.741. The molecule has 2 heterocycles. The highest BCUT2D eigenvalue weighted by molar-refractivity contribution is 5.94. The number of para-hydroxylation sites is 1. The summed E-state index contributed by atoms with van der Waals surface area (Å²) in [5.74, 6) is 0.640. The Hall–Kier alpha value is -3.12. The highest BCUT2D eigenvalue weighted by Gasteiger charge is 2.35. The van der Waals surface area contributed by atoms with Crippen molar-refractivity contribution in [1.82, 2.24) is 14.7 Å². The van der Waals surface area contributed by atoms with Crippen LogP contribution in [0.5, 0.6) is 5.75 Å². The second-order valence-electron chi connectivity index (χ2n) is 6.94. The molecule has 0 bridgehead atoms. The van der Waals surface area contributed by atoms with E-state index in [1.165, 1.54) is 0 Å². The first-order chi connectivity index (χ1) is 13.7. The predicted molar refractivity (Wildman–Crippen MR) is 106 cm³/mol. The molecule has 0 saturated carbocycles. The van der Waals surface area contributed by atoms with Crippen molar-refractivity contribution >= 4 is 5.91 Å². The molecule has 6 heteroatoms. The zero-order valence-corrected chi connectivity index (χ0v) is 15.7. The van der Waals surface area contributed by atoms with Crippen LogP contribution in [0.3, 0.4) is 0 Å². The second-order valence-corrected chi connectivity index (χ2v) is 6.94. The first kappa shape index (κ1) is 18.3. The minimum absolute atomic E-state index is 0.0998. The molecule has 1 amide bonds. The smallest absolute Gasteiger partial charge is 0.257 e. The molecule has 1 fully saturated rings. The lowest BCUT2D eigenvalue weighted by molar-refractivity contribution is 0.0486. The van der Waals surface area contributed by atoms with Gasteiger partial charge in [0.15, 0.2) is 0 Å². The van der Waals surface area contributed by atoms with E-state index in [2.05, 4.69) is 5.10 Å². The van der Waals surface area contributed by atoms with Gasteiger partial charge in [0.25, 0.3) is 5.91 Å². The summed E-state index contributed by atoms with van der Waals surface area (Å²) in [6, 6.07) is 16.8. The van der Waals surface area contributed by atoms with Crippen molar-refractivity contribution in [2.75, 3.05) is 13.7 Å². The number of carbonyl (C=O) groups is 1. The van der Waals surface area contributed by atoms with Crippen molar-refractivity contribution in [1.29, 1.82) is 0 Å². The average molecular weight is 377 g/mol. The van der Waals surface area contributed by atoms with E-state index in [0.717, 1.165) is 29.8 Å². The predicted octanol–water partition coefficient (Wildman–Crippen LogP) is 3.22. The summed E-state index contributed by atoms with van der Waals surface area (Å²) in [5, 5.41) is 15.2. The Labute approximate surface area is 164 Å². The Morgan fingerprint density at radius 3 is 2.64 bits per heavy atom. The standard InChI is InChI=1S/C22H23N3O3/c1-28-19-11-9-16(10-12-19)21(26)20-8-5-13-24(20)22(27)17-14-23-25(15-17)18-6-3-2-4-7-18/h2-4,6-7,9-12,14-15,20-21,26H,5,8,13H2,1H3/t20-,21+/m1/s1. The maximum absolute atomic E-state index is 13.1. The van der Waals surface area contributed by atoms with Crippen molar-refractivity contribution in [3.63, 3.8) is 0 Å². The van der Waals surface area contributed by atoms with Gasteiger partial charge >= 0.3 is 0 Å².